The first-order chi connectivity index (χ1) is 8.13. The summed E-state index contributed by atoms with van der Waals surface area (Å²) in [4.78, 5) is 14.1. The largest absolute Gasteiger partial charge is 0.342 e. The van der Waals surface area contributed by atoms with Gasteiger partial charge in [0.25, 0.3) is 0 Å². The number of hydrogen-bond acceptors (Lipinski definition) is 2. The number of rotatable bonds is 3. The fourth-order valence-electron chi connectivity index (χ4n) is 3.59. The number of fused-ring (bicyclic) bond motifs is 2. The molecule has 0 aromatic heterocycles. The first-order valence-electron chi connectivity index (χ1n) is 6.75. The van der Waals surface area contributed by atoms with Gasteiger partial charge < -0.3 is 10.6 Å². The number of carbonyl (C=O) groups is 1. The van der Waals surface area contributed by atoms with Gasteiger partial charge in [-0.1, -0.05) is 12.5 Å². The number of nitrogens with zero attached hydrogens (tertiary/aromatic N) is 1. The van der Waals surface area contributed by atoms with E-state index >= 15 is 0 Å². The van der Waals surface area contributed by atoms with Crippen molar-refractivity contribution in [2.75, 3.05) is 13.6 Å². The second kappa shape index (κ2) is 5.21. The Bertz CT molecular complexity index is 289. The van der Waals surface area contributed by atoms with Gasteiger partial charge in [0.05, 0.1) is 0 Å². The Balaban J connectivity index is 1.99. The fraction of sp³-hybridized carbons (Fsp3) is 0.786. The van der Waals surface area contributed by atoms with Crippen molar-refractivity contribution in [1.82, 2.24) is 4.90 Å². The standard InChI is InChI=1S/C14H24N2O/c1-3-7-16(2)14(17)12-8-10-5-4-6-11(9-12)13(10)15/h3,10-13H,1,4-9,15H2,2H3. The molecule has 3 heteroatoms. The van der Waals surface area contributed by atoms with Crippen molar-refractivity contribution < 1.29 is 4.79 Å². The van der Waals surface area contributed by atoms with Crippen molar-refractivity contribution in [2.45, 2.75) is 38.1 Å². The lowest BCUT2D eigenvalue weighted by atomic mass is 9.65. The first kappa shape index (κ1) is 12.6. The van der Waals surface area contributed by atoms with Crippen LogP contribution < -0.4 is 5.73 Å². The van der Waals surface area contributed by atoms with Crippen LogP contribution in [0.5, 0.6) is 0 Å². The first-order valence-corrected chi connectivity index (χ1v) is 6.75. The van der Waals surface area contributed by atoms with Crippen molar-refractivity contribution >= 4 is 5.91 Å². The van der Waals surface area contributed by atoms with Crippen LogP contribution in [-0.4, -0.2) is 30.4 Å². The summed E-state index contributed by atoms with van der Waals surface area (Å²) in [5, 5.41) is 0. The van der Waals surface area contributed by atoms with Crippen LogP contribution >= 0.6 is 0 Å². The summed E-state index contributed by atoms with van der Waals surface area (Å²) in [6, 6.07) is 0.345. The second-order valence-corrected chi connectivity index (χ2v) is 5.70. The molecule has 0 aromatic carbocycles. The molecule has 17 heavy (non-hydrogen) atoms. The van der Waals surface area contributed by atoms with Crippen molar-refractivity contribution in [3.05, 3.63) is 12.7 Å². The summed E-state index contributed by atoms with van der Waals surface area (Å²) in [6.07, 6.45) is 7.51. The molecule has 2 atom stereocenters. The van der Waals surface area contributed by atoms with Crippen molar-refractivity contribution in [3.63, 3.8) is 0 Å². The van der Waals surface area contributed by atoms with E-state index in [4.69, 9.17) is 5.73 Å². The van der Waals surface area contributed by atoms with E-state index in [2.05, 4.69) is 6.58 Å². The zero-order valence-electron chi connectivity index (χ0n) is 10.8. The molecule has 0 aliphatic heterocycles. The third kappa shape index (κ3) is 2.54. The number of nitrogens with two attached hydrogens (primary N) is 1. The Kier molecular flexibility index (Phi) is 3.87. The van der Waals surface area contributed by atoms with Gasteiger partial charge in [0.2, 0.25) is 5.91 Å². The van der Waals surface area contributed by atoms with Gasteiger partial charge in [-0.3, -0.25) is 4.79 Å². The van der Waals surface area contributed by atoms with Gasteiger partial charge in [0, 0.05) is 25.6 Å². The van der Waals surface area contributed by atoms with E-state index in [0.29, 0.717) is 24.4 Å². The van der Waals surface area contributed by atoms with Gasteiger partial charge in [0.1, 0.15) is 0 Å². The maximum Gasteiger partial charge on any atom is 0.225 e. The van der Waals surface area contributed by atoms with E-state index in [0.717, 1.165) is 12.8 Å². The fourth-order valence-corrected chi connectivity index (χ4v) is 3.59. The zero-order chi connectivity index (χ0) is 12.4. The van der Waals surface area contributed by atoms with E-state index in [1.165, 1.54) is 19.3 Å². The van der Waals surface area contributed by atoms with E-state index < -0.39 is 0 Å². The minimum absolute atomic E-state index is 0.204. The summed E-state index contributed by atoms with van der Waals surface area (Å²) >= 11 is 0. The predicted molar refractivity (Wildman–Crippen MR) is 69.4 cm³/mol. The van der Waals surface area contributed by atoms with Crippen molar-refractivity contribution in [2.24, 2.45) is 23.5 Å². The average molecular weight is 236 g/mol. The van der Waals surface area contributed by atoms with Crippen LogP contribution in [0.3, 0.4) is 0 Å². The highest BCUT2D eigenvalue weighted by Gasteiger charge is 2.40. The lowest BCUT2D eigenvalue weighted by Crippen LogP contribution is -2.49. The van der Waals surface area contributed by atoms with Crippen molar-refractivity contribution in [3.8, 4) is 0 Å². The molecule has 2 N–H and O–H groups in total. The molecule has 0 saturated heterocycles. The van der Waals surface area contributed by atoms with Gasteiger partial charge in [-0.05, 0) is 37.5 Å². The van der Waals surface area contributed by atoms with Gasteiger partial charge in [0.15, 0.2) is 0 Å². The highest BCUT2D eigenvalue weighted by molar-refractivity contribution is 5.78. The van der Waals surface area contributed by atoms with Crippen LogP contribution in [-0.2, 0) is 4.79 Å². The second-order valence-electron chi connectivity index (χ2n) is 5.70. The summed E-state index contributed by atoms with van der Waals surface area (Å²) in [7, 11) is 1.87. The van der Waals surface area contributed by atoms with Gasteiger partial charge in [-0.15, -0.1) is 6.58 Å². The Hall–Kier alpha value is -0.830. The average Bonchev–Trinajstić information content (AvgIpc) is 2.28. The Morgan fingerprint density at radius 3 is 2.53 bits per heavy atom. The summed E-state index contributed by atoms with van der Waals surface area (Å²) < 4.78 is 0. The smallest absolute Gasteiger partial charge is 0.225 e. The molecule has 0 aromatic rings. The van der Waals surface area contributed by atoms with Crippen LogP contribution in [0.1, 0.15) is 32.1 Å². The molecule has 2 saturated carbocycles. The summed E-state index contributed by atoms with van der Waals surface area (Å²) in [5.41, 5.74) is 6.24. The maximum absolute atomic E-state index is 12.3. The predicted octanol–water partition coefficient (Wildman–Crippen LogP) is 1.78. The van der Waals surface area contributed by atoms with Crippen LogP contribution in [0, 0.1) is 17.8 Å². The van der Waals surface area contributed by atoms with Crippen molar-refractivity contribution in [1.29, 1.82) is 0 Å². The van der Waals surface area contributed by atoms with Crippen LogP contribution in [0.25, 0.3) is 0 Å². The third-order valence-electron chi connectivity index (χ3n) is 4.54. The van der Waals surface area contributed by atoms with Gasteiger partial charge in [-0.2, -0.15) is 0 Å². The van der Waals surface area contributed by atoms with E-state index in [-0.39, 0.29) is 11.8 Å². The Morgan fingerprint density at radius 1 is 1.41 bits per heavy atom. The highest BCUT2D eigenvalue weighted by Crippen LogP contribution is 2.42. The monoisotopic (exact) mass is 236 g/mol. The highest BCUT2D eigenvalue weighted by atomic mass is 16.2. The minimum atomic E-state index is 0.204. The molecule has 2 aliphatic carbocycles. The lowest BCUT2D eigenvalue weighted by molar-refractivity contribution is -0.136. The topological polar surface area (TPSA) is 46.3 Å². The van der Waals surface area contributed by atoms with E-state index in [1.807, 2.05) is 7.05 Å². The molecule has 2 rings (SSSR count). The number of likely N-dealkylation sites (N-methyl/N-ethyl adjacent to an activating group) is 1. The van der Waals surface area contributed by atoms with Crippen LogP contribution in [0.4, 0.5) is 0 Å². The molecule has 0 heterocycles. The van der Waals surface area contributed by atoms with Crippen LogP contribution in [0.15, 0.2) is 12.7 Å². The number of carbonyl (C=O) groups excluding carboxylic acids is 1. The number of hydrogen-bond donors (Lipinski definition) is 1. The molecule has 3 nitrogen and oxygen atoms in total. The normalized spacial score (nSPS) is 36.4. The Morgan fingerprint density at radius 2 is 2.00 bits per heavy atom. The molecule has 2 unspecified atom stereocenters. The summed E-state index contributed by atoms with van der Waals surface area (Å²) in [5.74, 6) is 1.64. The Labute approximate surface area is 104 Å². The molecule has 0 radical (unpaired) electrons. The molecule has 0 spiro atoms. The molecular weight excluding hydrogens is 212 g/mol. The van der Waals surface area contributed by atoms with Gasteiger partial charge in [-0.25, -0.2) is 0 Å². The third-order valence-corrected chi connectivity index (χ3v) is 4.54. The lowest BCUT2D eigenvalue weighted by Gasteiger charge is -2.44. The molecular formula is C14H24N2O. The van der Waals surface area contributed by atoms with E-state index in [1.54, 1.807) is 11.0 Å². The zero-order valence-corrected chi connectivity index (χ0v) is 10.8. The molecule has 1 amide bonds. The number of amides is 1. The molecule has 2 fully saturated rings. The summed E-state index contributed by atoms with van der Waals surface area (Å²) in [6.45, 7) is 4.33. The molecule has 2 aliphatic rings. The quantitative estimate of drug-likeness (QED) is 0.759. The SMILES string of the molecule is C=CCN(C)C(=O)C1CC2CCCC(C1)C2N. The minimum Gasteiger partial charge on any atom is -0.342 e. The van der Waals surface area contributed by atoms with Crippen LogP contribution in [0.2, 0.25) is 0 Å². The maximum atomic E-state index is 12.3. The molecule has 2 bridgehead atoms. The van der Waals surface area contributed by atoms with Gasteiger partial charge >= 0.3 is 0 Å². The molecule has 96 valence electrons. The van der Waals surface area contributed by atoms with E-state index in [9.17, 15) is 4.79 Å².